The van der Waals surface area contributed by atoms with E-state index in [1.54, 1.807) is 23.6 Å². The van der Waals surface area contributed by atoms with Crippen LogP contribution in [0.5, 0.6) is 11.5 Å². The molecule has 0 bridgehead atoms. The summed E-state index contributed by atoms with van der Waals surface area (Å²) in [6, 6.07) is 14.6. The Balaban J connectivity index is 1.44. The molecule has 0 aliphatic heterocycles. The lowest BCUT2D eigenvalue weighted by molar-refractivity contribution is -0.147. The summed E-state index contributed by atoms with van der Waals surface area (Å²) in [6.07, 6.45) is 0.157. The number of para-hydroxylation sites is 3. The van der Waals surface area contributed by atoms with Gasteiger partial charge in [-0.2, -0.15) is 0 Å². The van der Waals surface area contributed by atoms with Gasteiger partial charge < -0.3 is 19.5 Å². The third kappa shape index (κ3) is 6.05. The number of anilines is 1. The third-order valence-corrected chi connectivity index (χ3v) is 5.02. The fraction of sp³-hybridized carbons (Fsp3) is 0.227. The Bertz CT molecular complexity index is 1020. The maximum absolute atomic E-state index is 12.2. The number of aromatic nitrogens is 1. The van der Waals surface area contributed by atoms with Crippen LogP contribution in [0.15, 0.2) is 53.9 Å². The molecular formula is C22H22N2O5S. The zero-order valence-electron chi connectivity index (χ0n) is 16.7. The van der Waals surface area contributed by atoms with Crippen LogP contribution in [-0.2, 0) is 27.4 Å². The van der Waals surface area contributed by atoms with E-state index in [1.165, 1.54) is 18.4 Å². The first kappa shape index (κ1) is 21.3. The molecule has 0 spiro atoms. The number of methoxy groups -OCH3 is 1. The highest BCUT2D eigenvalue weighted by molar-refractivity contribution is 7.09. The number of aryl methyl sites for hydroxylation is 1. The second-order valence-corrected chi connectivity index (χ2v) is 7.32. The topological polar surface area (TPSA) is 86.8 Å². The van der Waals surface area contributed by atoms with Gasteiger partial charge in [0.15, 0.2) is 18.1 Å². The van der Waals surface area contributed by atoms with Gasteiger partial charge in [0.25, 0.3) is 0 Å². The van der Waals surface area contributed by atoms with Crippen molar-refractivity contribution >= 4 is 28.9 Å². The summed E-state index contributed by atoms with van der Waals surface area (Å²) in [4.78, 5) is 28.5. The van der Waals surface area contributed by atoms with Crippen molar-refractivity contribution in [3.05, 3.63) is 70.2 Å². The predicted molar refractivity (Wildman–Crippen MR) is 114 cm³/mol. The second kappa shape index (κ2) is 10.4. The number of amides is 1. The first-order valence-corrected chi connectivity index (χ1v) is 10.1. The summed E-state index contributed by atoms with van der Waals surface area (Å²) >= 11 is 1.35. The highest BCUT2D eigenvalue weighted by atomic mass is 32.1. The van der Waals surface area contributed by atoms with Crippen LogP contribution >= 0.6 is 11.3 Å². The summed E-state index contributed by atoms with van der Waals surface area (Å²) in [5.41, 5.74) is 2.36. The first-order chi connectivity index (χ1) is 14.5. The highest BCUT2D eigenvalue weighted by Crippen LogP contribution is 2.25. The quantitative estimate of drug-likeness (QED) is 0.524. The number of benzene rings is 2. The predicted octanol–water partition coefficient (Wildman–Crippen LogP) is 3.76. The van der Waals surface area contributed by atoms with E-state index in [9.17, 15) is 9.59 Å². The van der Waals surface area contributed by atoms with Crippen molar-refractivity contribution in [2.75, 3.05) is 19.0 Å². The molecule has 3 aromatic rings. The molecule has 0 atom stereocenters. The largest absolute Gasteiger partial charge is 0.493 e. The number of nitrogens with one attached hydrogen (secondary N) is 1. The number of carbonyl (C=O) groups is 2. The van der Waals surface area contributed by atoms with Crippen molar-refractivity contribution < 1.29 is 23.8 Å². The van der Waals surface area contributed by atoms with Gasteiger partial charge in [-0.1, -0.05) is 30.3 Å². The Morgan fingerprint density at radius 2 is 1.80 bits per heavy atom. The Hall–Kier alpha value is -3.39. The van der Waals surface area contributed by atoms with Crippen molar-refractivity contribution in [2.45, 2.75) is 20.0 Å². The zero-order valence-corrected chi connectivity index (χ0v) is 17.5. The molecular weight excluding hydrogens is 404 g/mol. The lowest BCUT2D eigenvalue weighted by Crippen LogP contribution is -2.16. The molecule has 0 unspecified atom stereocenters. The van der Waals surface area contributed by atoms with Crippen LogP contribution in [0.3, 0.4) is 0 Å². The second-order valence-electron chi connectivity index (χ2n) is 6.37. The maximum atomic E-state index is 12.2. The molecule has 0 saturated carbocycles. The molecule has 1 N–H and O–H groups in total. The molecule has 3 rings (SSSR count). The molecule has 0 saturated heterocycles. The van der Waals surface area contributed by atoms with Gasteiger partial charge in [-0.05, 0) is 30.7 Å². The monoisotopic (exact) mass is 426 g/mol. The lowest BCUT2D eigenvalue weighted by Gasteiger charge is -2.09. The number of hydrogen-bond donors (Lipinski definition) is 1. The molecule has 0 aliphatic rings. The Morgan fingerprint density at radius 1 is 1.07 bits per heavy atom. The molecule has 8 heteroatoms. The van der Waals surface area contributed by atoms with Crippen molar-refractivity contribution in [3.63, 3.8) is 0 Å². The van der Waals surface area contributed by atoms with E-state index >= 15 is 0 Å². The van der Waals surface area contributed by atoms with Gasteiger partial charge >= 0.3 is 5.97 Å². The Labute approximate surface area is 178 Å². The summed E-state index contributed by atoms with van der Waals surface area (Å²) in [6.45, 7) is 1.71. The smallest absolute Gasteiger partial charge is 0.344 e. The fourth-order valence-electron chi connectivity index (χ4n) is 2.61. The molecule has 1 amide bonds. The first-order valence-electron chi connectivity index (χ1n) is 9.25. The van der Waals surface area contributed by atoms with E-state index in [0.717, 1.165) is 11.3 Å². The average molecular weight is 426 g/mol. The number of esters is 1. The maximum Gasteiger partial charge on any atom is 0.344 e. The van der Waals surface area contributed by atoms with E-state index in [1.807, 2.05) is 37.3 Å². The number of rotatable bonds is 9. The summed E-state index contributed by atoms with van der Waals surface area (Å²) < 4.78 is 15.8. The van der Waals surface area contributed by atoms with Crippen molar-refractivity contribution in [1.82, 2.24) is 4.98 Å². The molecule has 0 fully saturated rings. The van der Waals surface area contributed by atoms with Crippen LogP contribution < -0.4 is 14.8 Å². The molecule has 0 aliphatic carbocycles. The van der Waals surface area contributed by atoms with Crippen LogP contribution in [0.4, 0.5) is 5.69 Å². The molecule has 7 nitrogen and oxygen atoms in total. The van der Waals surface area contributed by atoms with Crippen LogP contribution in [0.25, 0.3) is 0 Å². The number of hydrogen-bond acceptors (Lipinski definition) is 7. The van der Waals surface area contributed by atoms with E-state index in [-0.39, 0.29) is 25.5 Å². The van der Waals surface area contributed by atoms with Gasteiger partial charge in [0.1, 0.15) is 11.6 Å². The molecule has 0 radical (unpaired) electrons. The number of thiazole rings is 1. The van der Waals surface area contributed by atoms with Gasteiger partial charge in [-0.3, -0.25) is 4.79 Å². The number of carbonyl (C=O) groups excluding carboxylic acids is 2. The highest BCUT2D eigenvalue weighted by Gasteiger charge is 2.12. The molecule has 30 heavy (non-hydrogen) atoms. The van der Waals surface area contributed by atoms with E-state index in [0.29, 0.717) is 22.2 Å². The normalized spacial score (nSPS) is 10.3. The minimum absolute atomic E-state index is 0.0179. The summed E-state index contributed by atoms with van der Waals surface area (Å²) in [5.74, 6) is 0.339. The van der Waals surface area contributed by atoms with Gasteiger partial charge in [-0.25, -0.2) is 9.78 Å². The van der Waals surface area contributed by atoms with E-state index < -0.39 is 5.97 Å². The van der Waals surface area contributed by atoms with Crippen LogP contribution in [-0.4, -0.2) is 30.6 Å². The summed E-state index contributed by atoms with van der Waals surface area (Å²) in [5, 5.41) is 5.29. The van der Waals surface area contributed by atoms with Crippen LogP contribution in [0.1, 0.15) is 16.3 Å². The average Bonchev–Trinajstić information content (AvgIpc) is 3.19. The Kier molecular flexibility index (Phi) is 7.40. The van der Waals surface area contributed by atoms with Crippen molar-refractivity contribution in [1.29, 1.82) is 0 Å². The molecule has 156 valence electrons. The zero-order chi connectivity index (χ0) is 21.3. The van der Waals surface area contributed by atoms with Crippen LogP contribution in [0.2, 0.25) is 0 Å². The minimum atomic E-state index is -0.521. The SMILES string of the molecule is COc1ccccc1OCC(=O)OCc1csc(CC(=O)Nc2ccccc2C)n1. The third-order valence-electron chi connectivity index (χ3n) is 4.13. The molecule has 1 aromatic heterocycles. The lowest BCUT2D eigenvalue weighted by atomic mass is 10.2. The Morgan fingerprint density at radius 3 is 2.57 bits per heavy atom. The minimum Gasteiger partial charge on any atom is -0.493 e. The van der Waals surface area contributed by atoms with E-state index in [2.05, 4.69) is 10.3 Å². The number of ether oxygens (including phenoxy) is 3. The van der Waals surface area contributed by atoms with Gasteiger partial charge in [-0.15, -0.1) is 11.3 Å². The fourth-order valence-corrected chi connectivity index (χ4v) is 3.39. The standard InChI is InChI=1S/C22H22N2O5S/c1-15-7-3-4-8-17(15)24-20(25)11-21-23-16(14-30-21)12-29-22(26)13-28-19-10-6-5-9-18(19)27-2/h3-10,14H,11-13H2,1-2H3,(H,24,25). The van der Waals surface area contributed by atoms with E-state index in [4.69, 9.17) is 14.2 Å². The summed E-state index contributed by atoms with van der Waals surface area (Å²) in [7, 11) is 1.53. The van der Waals surface area contributed by atoms with Gasteiger partial charge in [0.05, 0.1) is 19.2 Å². The van der Waals surface area contributed by atoms with Crippen molar-refractivity contribution in [3.8, 4) is 11.5 Å². The van der Waals surface area contributed by atoms with Gasteiger partial charge in [0, 0.05) is 11.1 Å². The molecule has 1 heterocycles. The van der Waals surface area contributed by atoms with Gasteiger partial charge in [0.2, 0.25) is 5.91 Å². The molecule has 2 aromatic carbocycles. The van der Waals surface area contributed by atoms with Crippen LogP contribution in [0, 0.1) is 6.92 Å². The van der Waals surface area contributed by atoms with Crippen molar-refractivity contribution in [2.24, 2.45) is 0 Å². The number of nitrogens with zero attached hydrogens (tertiary/aromatic N) is 1.